The first-order chi connectivity index (χ1) is 9.13. The van der Waals surface area contributed by atoms with Crippen LogP contribution in [0.3, 0.4) is 0 Å². The van der Waals surface area contributed by atoms with E-state index in [9.17, 15) is 4.79 Å². The molecule has 0 spiro atoms. The molecule has 0 saturated heterocycles. The second kappa shape index (κ2) is 4.75. The highest BCUT2D eigenvalue weighted by Gasteiger charge is 2.30. The molecule has 1 aromatic carbocycles. The van der Waals surface area contributed by atoms with Gasteiger partial charge in [0.05, 0.1) is 6.54 Å². The Morgan fingerprint density at radius 1 is 1.53 bits per heavy atom. The Labute approximate surface area is 117 Å². The summed E-state index contributed by atoms with van der Waals surface area (Å²) in [6.45, 7) is 2.10. The van der Waals surface area contributed by atoms with Crippen LogP contribution in [0.4, 0.5) is 5.69 Å². The zero-order valence-corrected chi connectivity index (χ0v) is 11.7. The number of carbonyl (C=O) groups is 1. The van der Waals surface area contributed by atoms with E-state index in [1.54, 1.807) is 6.92 Å². The Hall–Kier alpha value is -1.73. The van der Waals surface area contributed by atoms with Gasteiger partial charge in [-0.05, 0) is 25.1 Å². The minimum absolute atomic E-state index is 0.0793. The van der Waals surface area contributed by atoms with Gasteiger partial charge in [0.2, 0.25) is 11.8 Å². The summed E-state index contributed by atoms with van der Waals surface area (Å²) in [5.74, 6) is 0.967. The summed E-state index contributed by atoms with van der Waals surface area (Å²) in [5.41, 5.74) is 1.74. The molecule has 0 aliphatic carbocycles. The summed E-state index contributed by atoms with van der Waals surface area (Å²) < 4.78 is 5.94. The molecule has 3 rings (SSSR count). The van der Waals surface area contributed by atoms with Gasteiger partial charge in [-0.1, -0.05) is 21.1 Å². The molecule has 1 unspecified atom stereocenters. The van der Waals surface area contributed by atoms with Crippen molar-refractivity contribution in [1.82, 2.24) is 15.5 Å². The zero-order chi connectivity index (χ0) is 13.4. The van der Waals surface area contributed by atoms with Crippen LogP contribution in [0.1, 0.15) is 23.3 Å². The molecule has 0 radical (unpaired) electrons. The van der Waals surface area contributed by atoms with E-state index in [1.807, 2.05) is 18.2 Å². The highest BCUT2D eigenvalue weighted by molar-refractivity contribution is 9.10. The van der Waals surface area contributed by atoms with E-state index >= 15 is 0 Å². The quantitative estimate of drug-likeness (QED) is 0.902. The third kappa shape index (κ3) is 2.39. The maximum absolute atomic E-state index is 11.9. The normalized spacial score (nSPS) is 17.4. The fourth-order valence-electron chi connectivity index (χ4n) is 2.04. The summed E-state index contributed by atoms with van der Waals surface area (Å²) in [7, 11) is 0. The molecule has 1 atom stereocenters. The van der Waals surface area contributed by atoms with E-state index in [2.05, 4.69) is 36.7 Å². The standard InChI is InChI=1S/C12H11BrN4O2/c1-6-15-10(19-17-6)5-14-11-8-4-7(13)2-3-9(8)16-12(11)18/h2-4,11,14H,5H2,1H3,(H,16,18). The predicted molar refractivity (Wildman–Crippen MR) is 71.4 cm³/mol. The number of nitrogens with one attached hydrogen (secondary N) is 2. The number of fused-ring (bicyclic) bond motifs is 1. The van der Waals surface area contributed by atoms with Crippen molar-refractivity contribution in [3.05, 3.63) is 40.0 Å². The van der Waals surface area contributed by atoms with Gasteiger partial charge in [-0.25, -0.2) is 0 Å². The number of carbonyl (C=O) groups excluding carboxylic acids is 1. The number of hydrogen-bond acceptors (Lipinski definition) is 5. The number of nitrogens with zero attached hydrogens (tertiary/aromatic N) is 2. The summed E-state index contributed by atoms with van der Waals surface area (Å²) in [5, 5.41) is 9.65. The van der Waals surface area contributed by atoms with Gasteiger partial charge >= 0.3 is 0 Å². The van der Waals surface area contributed by atoms with E-state index in [-0.39, 0.29) is 5.91 Å². The number of benzene rings is 1. The van der Waals surface area contributed by atoms with E-state index in [1.165, 1.54) is 0 Å². The van der Waals surface area contributed by atoms with E-state index in [0.717, 1.165) is 15.7 Å². The van der Waals surface area contributed by atoms with Gasteiger partial charge in [0.15, 0.2) is 5.82 Å². The van der Waals surface area contributed by atoms with Gasteiger partial charge in [0, 0.05) is 15.7 Å². The first kappa shape index (κ1) is 12.3. The molecule has 98 valence electrons. The first-order valence-corrected chi connectivity index (χ1v) is 6.55. The Morgan fingerprint density at radius 2 is 2.37 bits per heavy atom. The van der Waals surface area contributed by atoms with Crippen LogP contribution in [-0.4, -0.2) is 16.0 Å². The second-order valence-electron chi connectivity index (χ2n) is 4.27. The highest BCUT2D eigenvalue weighted by Crippen LogP contribution is 2.33. The summed E-state index contributed by atoms with van der Waals surface area (Å²) in [6, 6.07) is 5.28. The van der Waals surface area contributed by atoms with Crippen LogP contribution in [0, 0.1) is 6.92 Å². The molecule has 2 aromatic rings. The van der Waals surface area contributed by atoms with Crippen LogP contribution in [0.15, 0.2) is 27.2 Å². The predicted octanol–water partition coefficient (Wildman–Crippen LogP) is 1.92. The molecule has 19 heavy (non-hydrogen) atoms. The average molecular weight is 323 g/mol. The van der Waals surface area contributed by atoms with Crippen LogP contribution < -0.4 is 10.6 Å². The molecule has 0 saturated carbocycles. The molecule has 6 nitrogen and oxygen atoms in total. The van der Waals surface area contributed by atoms with Crippen molar-refractivity contribution in [2.45, 2.75) is 19.5 Å². The van der Waals surface area contributed by atoms with Crippen LogP contribution in [-0.2, 0) is 11.3 Å². The van der Waals surface area contributed by atoms with Gasteiger partial charge in [-0.2, -0.15) is 4.98 Å². The molecule has 1 aliphatic heterocycles. The minimum Gasteiger partial charge on any atom is -0.338 e. The fraction of sp³-hybridized carbons (Fsp3) is 0.250. The molecule has 1 aliphatic rings. The van der Waals surface area contributed by atoms with Crippen molar-refractivity contribution in [1.29, 1.82) is 0 Å². The molecule has 2 N–H and O–H groups in total. The smallest absolute Gasteiger partial charge is 0.246 e. The number of halogens is 1. The largest absolute Gasteiger partial charge is 0.338 e. The minimum atomic E-state index is -0.403. The van der Waals surface area contributed by atoms with Gasteiger partial charge in [-0.3, -0.25) is 10.1 Å². The maximum Gasteiger partial charge on any atom is 0.246 e. The number of amides is 1. The highest BCUT2D eigenvalue weighted by atomic mass is 79.9. The Balaban J connectivity index is 1.78. The van der Waals surface area contributed by atoms with Crippen molar-refractivity contribution in [2.75, 3.05) is 5.32 Å². The lowest BCUT2D eigenvalue weighted by Crippen LogP contribution is -2.27. The molecule has 1 aromatic heterocycles. The zero-order valence-electron chi connectivity index (χ0n) is 10.1. The Kier molecular flexibility index (Phi) is 3.08. The van der Waals surface area contributed by atoms with Crippen molar-refractivity contribution < 1.29 is 9.32 Å². The fourth-order valence-corrected chi connectivity index (χ4v) is 2.42. The van der Waals surface area contributed by atoms with Crippen LogP contribution in [0.5, 0.6) is 0 Å². The SMILES string of the molecule is Cc1noc(CNC2C(=O)Nc3ccc(Br)cc32)n1. The van der Waals surface area contributed by atoms with Crippen molar-refractivity contribution in [2.24, 2.45) is 0 Å². The van der Waals surface area contributed by atoms with E-state index in [0.29, 0.717) is 18.3 Å². The lowest BCUT2D eigenvalue weighted by molar-refractivity contribution is -0.117. The van der Waals surface area contributed by atoms with Gasteiger partial charge < -0.3 is 9.84 Å². The molecule has 1 amide bonds. The Bertz CT molecular complexity index is 640. The van der Waals surface area contributed by atoms with Crippen molar-refractivity contribution >= 4 is 27.5 Å². The number of aromatic nitrogens is 2. The molecule has 0 bridgehead atoms. The summed E-state index contributed by atoms with van der Waals surface area (Å²) in [4.78, 5) is 16.0. The van der Waals surface area contributed by atoms with E-state index < -0.39 is 6.04 Å². The number of hydrogen-bond donors (Lipinski definition) is 2. The van der Waals surface area contributed by atoms with Crippen LogP contribution in [0.25, 0.3) is 0 Å². The number of rotatable bonds is 3. The molecular weight excluding hydrogens is 312 g/mol. The summed E-state index contributed by atoms with van der Waals surface area (Å²) in [6.07, 6.45) is 0. The Morgan fingerprint density at radius 3 is 3.11 bits per heavy atom. The van der Waals surface area contributed by atoms with Crippen LogP contribution >= 0.6 is 15.9 Å². The van der Waals surface area contributed by atoms with Gasteiger partial charge in [0.1, 0.15) is 6.04 Å². The van der Waals surface area contributed by atoms with Gasteiger partial charge in [0.25, 0.3) is 0 Å². The second-order valence-corrected chi connectivity index (χ2v) is 5.19. The third-order valence-corrected chi connectivity index (χ3v) is 3.36. The first-order valence-electron chi connectivity index (χ1n) is 5.76. The van der Waals surface area contributed by atoms with Gasteiger partial charge in [-0.15, -0.1) is 0 Å². The van der Waals surface area contributed by atoms with E-state index in [4.69, 9.17) is 4.52 Å². The molecular formula is C12H11BrN4O2. The number of anilines is 1. The molecule has 2 heterocycles. The maximum atomic E-state index is 11.9. The number of aryl methyl sites for hydroxylation is 1. The monoisotopic (exact) mass is 322 g/mol. The topological polar surface area (TPSA) is 80.0 Å². The van der Waals surface area contributed by atoms with Crippen LogP contribution in [0.2, 0.25) is 0 Å². The van der Waals surface area contributed by atoms with Crippen molar-refractivity contribution in [3.63, 3.8) is 0 Å². The lowest BCUT2D eigenvalue weighted by atomic mass is 10.1. The molecule has 7 heteroatoms. The molecule has 0 fully saturated rings. The average Bonchev–Trinajstić information content (AvgIpc) is 2.90. The van der Waals surface area contributed by atoms with Crippen molar-refractivity contribution in [3.8, 4) is 0 Å². The lowest BCUT2D eigenvalue weighted by Gasteiger charge is -2.09. The summed E-state index contributed by atoms with van der Waals surface area (Å²) >= 11 is 3.40. The third-order valence-electron chi connectivity index (χ3n) is 2.87.